The fourth-order valence-corrected chi connectivity index (χ4v) is 4.94. The molecule has 0 amide bonds. The average molecular weight is 494 g/mol. The van der Waals surface area contributed by atoms with Crippen molar-refractivity contribution in [1.29, 1.82) is 0 Å². The molecule has 186 valence electrons. The van der Waals surface area contributed by atoms with Crippen molar-refractivity contribution < 1.29 is 9.47 Å². The Balaban J connectivity index is 1.40. The number of nitrogens with one attached hydrogen (secondary N) is 1. The Labute approximate surface area is 215 Å². The van der Waals surface area contributed by atoms with Crippen LogP contribution in [-0.2, 0) is 6.54 Å². The van der Waals surface area contributed by atoms with Crippen molar-refractivity contribution >= 4 is 35.6 Å². The van der Waals surface area contributed by atoms with Gasteiger partial charge < -0.3 is 0 Å². The molecule has 2 aromatic carbocycles. The molecule has 4 rings (SSSR count). The van der Waals surface area contributed by atoms with Crippen LogP contribution >= 0.6 is 11.6 Å². The Morgan fingerprint density at radius 2 is 1.97 bits per heavy atom. The van der Waals surface area contributed by atoms with Crippen LogP contribution in [0.15, 0.2) is 48.7 Å². The SMILES string of the molecule is B=C(NCC(C)C)c1cn(CCCN2CCCC(Oc3ccc(Cl)cc3)C2)c2c(OC)cccc12. The van der Waals surface area contributed by atoms with Crippen LogP contribution in [0.5, 0.6) is 11.5 Å². The molecule has 0 spiro atoms. The first-order valence-corrected chi connectivity index (χ1v) is 13.1. The first-order valence-electron chi connectivity index (χ1n) is 12.7. The third-order valence-corrected chi connectivity index (χ3v) is 6.83. The number of ether oxygens (including phenoxy) is 2. The summed E-state index contributed by atoms with van der Waals surface area (Å²) in [5.41, 5.74) is 3.25. The number of rotatable bonds is 11. The van der Waals surface area contributed by atoms with Gasteiger partial charge in [0.15, 0.2) is 0 Å². The zero-order chi connectivity index (χ0) is 24.8. The van der Waals surface area contributed by atoms with E-state index in [2.05, 4.69) is 54.4 Å². The van der Waals surface area contributed by atoms with E-state index in [0.29, 0.717) is 5.92 Å². The van der Waals surface area contributed by atoms with Crippen molar-refractivity contribution in [1.82, 2.24) is 14.8 Å². The summed E-state index contributed by atoms with van der Waals surface area (Å²) in [4.78, 5) is 2.52. The van der Waals surface area contributed by atoms with Gasteiger partial charge in [0.25, 0.3) is 0 Å². The molecule has 1 atom stereocenters. The summed E-state index contributed by atoms with van der Waals surface area (Å²) in [7, 11) is 6.06. The molecule has 1 fully saturated rings. The quantitative estimate of drug-likeness (QED) is 0.387. The van der Waals surface area contributed by atoms with Crippen LogP contribution in [0.1, 0.15) is 38.7 Å². The first-order chi connectivity index (χ1) is 16.9. The number of halogens is 1. The number of aryl methyl sites for hydroxylation is 1. The van der Waals surface area contributed by atoms with Crippen molar-refractivity contribution in [2.24, 2.45) is 5.92 Å². The predicted octanol–water partition coefficient (Wildman–Crippen LogP) is 4.86. The monoisotopic (exact) mass is 493 g/mol. The van der Waals surface area contributed by atoms with Gasteiger partial charge in [-0.05, 0) is 24.3 Å². The van der Waals surface area contributed by atoms with E-state index in [-0.39, 0.29) is 6.10 Å². The number of fused-ring (bicyclic) bond motifs is 1. The van der Waals surface area contributed by atoms with E-state index in [9.17, 15) is 0 Å². The molecular formula is C28H37BClN3O2. The van der Waals surface area contributed by atoms with E-state index in [1.54, 1.807) is 7.11 Å². The van der Waals surface area contributed by atoms with Crippen LogP contribution in [0.25, 0.3) is 10.9 Å². The minimum absolute atomic E-state index is 0.222. The summed E-state index contributed by atoms with van der Waals surface area (Å²) in [6, 6.07) is 13.9. The van der Waals surface area contributed by atoms with Crippen molar-refractivity contribution in [3.8, 4) is 11.5 Å². The summed E-state index contributed by atoms with van der Waals surface area (Å²) in [5, 5.41) is 5.41. The molecule has 0 saturated carbocycles. The fourth-order valence-electron chi connectivity index (χ4n) is 4.81. The second-order valence-corrected chi connectivity index (χ2v) is 10.3. The first kappa shape index (κ1) is 25.7. The van der Waals surface area contributed by atoms with Crippen LogP contribution in [0.4, 0.5) is 0 Å². The maximum atomic E-state index is 6.22. The van der Waals surface area contributed by atoms with Crippen molar-refractivity contribution in [2.45, 2.75) is 45.8 Å². The number of hydrogen-bond acceptors (Lipinski definition) is 4. The molecular weight excluding hydrogens is 457 g/mol. The van der Waals surface area contributed by atoms with E-state index in [1.807, 2.05) is 30.3 Å². The molecule has 1 aromatic heterocycles. The van der Waals surface area contributed by atoms with Gasteiger partial charge in [-0.25, -0.2) is 0 Å². The van der Waals surface area contributed by atoms with Crippen LogP contribution in [0, 0.1) is 5.92 Å². The molecule has 0 radical (unpaired) electrons. The molecule has 1 N–H and O–H groups in total. The number of benzene rings is 2. The van der Waals surface area contributed by atoms with Gasteiger partial charge >= 0.3 is 175 Å². The summed E-state index contributed by atoms with van der Waals surface area (Å²) >= 11 is 6.01. The van der Waals surface area contributed by atoms with Gasteiger partial charge in [-0.1, -0.05) is 11.6 Å². The third kappa shape index (κ3) is 6.62. The number of piperidine rings is 1. The Bertz CT molecular complexity index is 1130. The Hall–Kier alpha value is -2.44. The van der Waals surface area contributed by atoms with Crippen LogP contribution in [-0.4, -0.2) is 61.9 Å². The molecule has 3 aromatic rings. The number of aromatic nitrogens is 1. The van der Waals surface area contributed by atoms with Crippen LogP contribution in [0.2, 0.25) is 5.02 Å². The van der Waals surface area contributed by atoms with E-state index >= 15 is 0 Å². The van der Waals surface area contributed by atoms with Gasteiger partial charge in [-0.3, -0.25) is 0 Å². The summed E-state index contributed by atoms with van der Waals surface area (Å²) in [6.07, 6.45) is 5.75. The number of likely N-dealkylation sites (tertiary alicyclic amines) is 1. The summed E-state index contributed by atoms with van der Waals surface area (Å²) in [5.74, 6) is 2.36. The molecule has 1 aliphatic heterocycles. The molecule has 5 nitrogen and oxygen atoms in total. The Morgan fingerprint density at radius 3 is 2.71 bits per heavy atom. The average Bonchev–Trinajstić information content (AvgIpc) is 3.23. The van der Waals surface area contributed by atoms with Crippen molar-refractivity contribution in [2.75, 3.05) is 33.3 Å². The second-order valence-electron chi connectivity index (χ2n) is 9.84. The number of para-hydroxylation sites is 1. The normalized spacial score (nSPS) is 16.5. The zero-order valence-corrected chi connectivity index (χ0v) is 22.0. The summed E-state index contributed by atoms with van der Waals surface area (Å²) in [6.45, 7) is 9.36. The molecule has 2 heterocycles. The third-order valence-electron chi connectivity index (χ3n) is 6.58. The number of hydrogen-bond donors (Lipinski definition) is 1. The fraction of sp³-hybridized carbons (Fsp3) is 0.464. The van der Waals surface area contributed by atoms with E-state index in [0.717, 1.165) is 85.2 Å². The zero-order valence-electron chi connectivity index (χ0n) is 21.2. The molecule has 7 heteroatoms. The van der Waals surface area contributed by atoms with Crippen molar-refractivity contribution in [3.05, 3.63) is 59.2 Å². The summed E-state index contributed by atoms with van der Waals surface area (Å²) < 4.78 is 14.3. The minimum atomic E-state index is 0.222. The Morgan fingerprint density at radius 1 is 1.17 bits per heavy atom. The van der Waals surface area contributed by atoms with Crippen LogP contribution < -0.4 is 14.8 Å². The van der Waals surface area contributed by atoms with E-state index in [1.165, 1.54) is 5.39 Å². The second kappa shape index (κ2) is 12.0. The van der Waals surface area contributed by atoms with Crippen molar-refractivity contribution in [3.63, 3.8) is 0 Å². The molecule has 1 saturated heterocycles. The van der Waals surface area contributed by atoms with E-state index in [4.69, 9.17) is 21.1 Å². The van der Waals surface area contributed by atoms with Gasteiger partial charge in [0.2, 0.25) is 0 Å². The molecule has 0 bridgehead atoms. The molecule has 0 aliphatic carbocycles. The van der Waals surface area contributed by atoms with Gasteiger partial charge in [-0.15, -0.1) is 0 Å². The topological polar surface area (TPSA) is 38.7 Å². The predicted molar refractivity (Wildman–Crippen MR) is 149 cm³/mol. The Kier molecular flexibility index (Phi) is 8.80. The number of nitrogens with zero attached hydrogens (tertiary/aromatic N) is 2. The van der Waals surface area contributed by atoms with E-state index < -0.39 is 0 Å². The maximum absolute atomic E-state index is 6.22. The van der Waals surface area contributed by atoms with Crippen LogP contribution in [0.3, 0.4) is 0 Å². The van der Waals surface area contributed by atoms with Gasteiger partial charge in [0.05, 0.1) is 0 Å². The van der Waals surface area contributed by atoms with Gasteiger partial charge in [0, 0.05) is 5.02 Å². The van der Waals surface area contributed by atoms with Gasteiger partial charge in [0.1, 0.15) is 0 Å². The molecule has 1 aliphatic rings. The number of methoxy groups -OCH3 is 1. The van der Waals surface area contributed by atoms with Gasteiger partial charge in [-0.2, -0.15) is 0 Å². The molecule has 1 unspecified atom stereocenters. The molecule has 35 heavy (non-hydrogen) atoms. The standard InChI is InChI=1S/C28H37BClN3O2/c1-20(2)17-31-28(29)25-19-33(27-24(25)8-4-9-26(27)34-3)16-6-15-32-14-5-7-23(18-32)35-22-12-10-21(30)11-13-22/h4,8-13,19-20,23,29,31H,5-7,14-18H2,1-3H3.